The van der Waals surface area contributed by atoms with Crippen molar-refractivity contribution in [3.05, 3.63) is 42.5 Å². The van der Waals surface area contributed by atoms with Crippen molar-refractivity contribution in [2.45, 2.75) is 12.5 Å². The molecular weight excluding hydrogens is 375 g/mol. The molecule has 0 spiro atoms. The number of nitrogens with zero attached hydrogens (tertiary/aromatic N) is 3. The molecule has 148 valence electrons. The molecule has 1 aliphatic heterocycles. The molecule has 1 atom stereocenters. The third kappa shape index (κ3) is 2.60. The summed E-state index contributed by atoms with van der Waals surface area (Å²) in [7, 11) is 1.48. The van der Waals surface area contributed by atoms with E-state index in [1.54, 1.807) is 35.2 Å². The molecule has 0 aliphatic carbocycles. The number of hydrogen-bond donors (Lipinski definition) is 2. The van der Waals surface area contributed by atoms with Gasteiger partial charge in [0.1, 0.15) is 5.82 Å². The number of hydrogen-bond acceptors (Lipinski definition) is 6. The number of halogens is 1. The highest BCUT2D eigenvalue weighted by Gasteiger charge is 2.25. The van der Waals surface area contributed by atoms with Crippen LogP contribution in [0.25, 0.3) is 32.9 Å². The Bertz CT molecular complexity index is 1250. The summed E-state index contributed by atoms with van der Waals surface area (Å²) in [4.78, 5) is 8.85. The minimum atomic E-state index is -0.456. The van der Waals surface area contributed by atoms with Gasteiger partial charge in [0.05, 0.1) is 41.9 Å². The van der Waals surface area contributed by atoms with Crippen LogP contribution in [-0.4, -0.2) is 40.0 Å². The molecule has 29 heavy (non-hydrogen) atoms. The van der Waals surface area contributed by atoms with Crippen molar-refractivity contribution in [2.75, 3.05) is 26.1 Å². The topological polar surface area (TPSA) is 95.4 Å². The lowest BCUT2D eigenvalue weighted by Gasteiger charge is -2.12. The zero-order valence-corrected chi connectivity index (χ0v) is 15.7. The van der Waals surface area contributed by atoms with Crippen molar-refractivity contribution >= 4 is 27.5 Å². The molecule has 7 nitrogen and oxygen atoms in total. The smallest absolute Gasteiger partial charge is 0.221 e. The Labute approximate surface area is 165 Å². The summed E-state index contributed by atoms with van der Waals surface area (Å²) in [5.41, 5.74) is 8.40. The SMILES string of the molecule is COc1ncccc1-c1c(F)ccc2c(N)c3c(O)n(C4CCOC4)cc3nc12. The fourth-order valence-electron chi connectivity index (χ4n) is 4.02. The molecule has 0 radical (unpaired) electrons. The summed E-state index contributed by atoms with van der Waals surface area (Å²) in [5, 5.41) is 11.8. The summed E-state index contributed by atoms with van der Waals surface area (Å²) in [5.74, 6) is -0.113. The highest BCUT2D eigenvalue weighted by Crippen LogP contribution is 2.42. The minimum absolute atomic E-state index is 0.0151. The van der Waals surface area contributed by atoms with E-state index in [4.69, 9.17) is 15.2 Å². The van der Waals surface area contributed by atoms with E-state index in [9.17, 15) is 9.50 Å². The quantitative estimate of drug-likeness (QED) is 0.551. The van der Waals surface area contributed by atoms with E-state index >= 15 is 0 Å². The molecule has 0 saturated carbocycles. The van der Waals surface area contributed by atoms with Gasteiger partial charge in [-0.15, -0.1) is 0 Å². The van der Waals surface area contributed by atoms with Crippen molar-refractivity contribution in [3.8, 4) is 22.9 Å². The molecule has 3 N–H and O–H groups in total. The molecule has 1 aromatic carbocycles. The van der Waals surface area contributed by atoms with Gasteiger partial charge in [0, 0.05) is 35.5 Å². The summed E-state index contributed by atoms with van der Waals surface area (Å²) < 4.78 is 27.4. The number of aromatic hydroxyl groups is 1. The molecule has 0 amide bonds. The lowest BCUT2D eigenvalue weighted by molar-refractivity contribution is 0.185. The van der Waals surface area contributed by atoms with E-state index in [-0.39, 0.29) is 17.5 Å². The molecule has 5 rings (SSSR count). The number of fused-ring (bicyclic) bond motifs is 2. The van der Waals surface area contributed by atoms with Gasteiger partial charge in [-0.1, -0.05) is 0 Å². The predicted molar refractivity (Wildman–Crippen MR) is 108 cm³/mol. The Hall–Kier alpha value is -3.39. The van der Waals surface area contributed by atoms with Gasteiger partial charge in [-0.25, -0.2) is 14.4 Å². The van der Waals surface area contributed by atoms with E-state index in [1.165, 1.54) is 13.2 Å². The third-order valence-corrected chi connectivity index (χ3v) is 5.44. The molecule has 1 aliphatic rings. The normalized spacial score (nSPS) is 16.7. The zero-order valence-electron chi connectivity index (χ0n) is 15.7. The second kappa shape index (κ2) is 6.59. The van der Waals surface area contributed by atoms with E-state index < -0.39 is 5.82 Å². The molecule has 4 heterocycles. The highest BCUT2D eigenvalue weighted by molar-refractivity contribution is 6.12. The monoisotopic (exact) mass is 394 g/mol. The van der Waals surface area contributed by atoms with Crippen LogP contribution in [-0.2, 0) is 4.74 Å². The number of benzene rings is 1. The van der Waals surface area contributed by atoms with Gasteiger partial charge >= 0.3 is 0 Å². The number of ether oxygens (including phenoxy) is 2. The minimum Gasteiger partial charge on any atom is -0.494 e. The average Bonchev–Trinajstić information content (AvgIpc) is 3.36. The lowest BCUT2D eigenvalue weighted by Crippen LogP contribution is -2.06. The van der Waals surface area contributed by atoms with Crippen LogP contribution in [0.3, 0.4) is 0 Å². The molecule has 1 fully saturated rings. The standard InChI is InChI=1S/C21H19FN4O3/c1-28-20-12(3-2-7-24-20)16-14(22)5-4-13-18(23)17-15(25-19(13)16)9-26(21(17)27)11-6-8-29-10-11/h2-5,7,9,11,27H,6,8,10,23H2,1H3. The first kappa shape index (κ1) is 17.7. The number of anilines is 1. The fourth-order valence-corrected chi connectivity index (χ4v) is 4.02. The molecule has 1 unspecified atom stereocenters. The first-order chi connectivity index (χ1) is 14.1. The Morgan fingerprint density at radius 1 is 1.34 bits per heavy atom. The number of nitrogen functional groups attached to an aromatic ring is 1. The largest absolute Gasteiger partial charge is 0.494 e. The fraction of sp³-hybridized carbons (Fsp3) is 0.238. The van der Waals surface area contributed by atoms with Gasteiger partial charge in [0.15, 0.2) is 0 Å². The maximum Gasteiger partial charge on any atom is 0.221 e. The van der Waals surface area contributed by atoms with Crippen LogP contribution < -0.4 is 10.5 Å². The summed E-state index contributed by atoms with van der Waals surface area (Å²) in [6.45, 7) is 1.15. The third-order valence-electron chi connectivity index (χ3n) is 5.44. The van der Waals surface area contributed by atoms with Crippen LogP contribution in [0.15, 0.2) is 36.7 Å². The van der Waals surface area contributed by atoms with Gasteiger partial charge in [0.2, 0.25) is 11.8 Å². The van der Waals surface area contributed by atoms with Crippen molar-refractivity contribution in [1.29, 1.82) is 0 Å². The molecule has 8 heteroatoms. The highest BCUT2D eigenvalue weighted by atomic mass is 19.1. The van der Waals surface area contributed by atoms with Gasteiger partial charge in [0.25, 0.3) is 0 Å². The molecular formula is C21H19FN4O3. The Balaban J connectivity index is 1.84. The van der Waals surface area contributed by atoms with Gasteiger partial charge in [-0.3, -0.25) is 0 Å². The maximum atomic E-state index is 14.9. The number of methoxy groups -OCH3 is 1. The Morgan fingerprint density at radius 3 is 2.97 bits per heavy atom. The summed E-state index contributed by atoms with van der Waals surface area (Å²) in [6.07, 6.45) is 4.11. The van der Waals surface area contributed by atoms with Crippen LogP contribution in [0.5, 0.6) is 11.8 Å². The Morgan fingerprint density at radius 2 is 2.21 bits per heavy atom. The number of nitrogens with two attached hydrogens (primary N) is 1. The van der Waals surface area contributed by atoms with Crippen LogP contribution in [0.4, 0.5) is 10.1 Å². The molecule has 4 aromatic rings. The second-order valence-corrected chi connectivity index (χ2v) is 7.04. The number of pyridine rings is 2. The maximum absolute atomic E-state index is 14.9. The van der Waals surface area contributed by atoms with Crippen molar-refractivity contribution in [2.24, 2.45) is 0 Å². The summed E-state index contributed by atoms with van der Waals surface area (Å²) >= 11 is 0. The van der Waals surface area contributed by atoms with Crippen molar-refractivity contribution in [3.63, 3.8) is 0 Å². The van der Waals surface area contributed by atoms with E-state index in [0.29, 0.717) is 52.2 Å². The first-order valence-electron chi connectivity index (χ1n) is 9.28. The lowest BCUT2D eigenvalue weighted by atomic mass is 10.0. The van der Waals surface area contributed by atoms with Gasteiger partial charge in [-0.2, -0.15) is 0 Å². The van der Waals surface area contributed by atoms with Crippen LogP contribution in [0, 0.1) is 5.82 Å². The second-order valence-electron chi connectivity index (χ2n) is 7.04. The Kier molecular flexibility index (Phi) is 4.02. The van der Waals surface area contributed by atoms with Crippen LogP contribution in [0.2, 0.25) is 0 Å². The number of rotatable bonds is 3. The van der Waals surface area contributed by atoms with Gasteiger partial charge < -0.3 is 24.9 Å². The zero-order chi connectivity index (χ0) is 20.1. The number of aromatic nitrogens is 3. The molecule has 0 bridgehead atoms. The van der Waals surface area contributed by atoms with E-state index in [0.717, 1.165) is 6.42 Å². The molecule has 1 saturated heterocycles. The summed E-state index contributed by atoms with van der Waals surface area (Å²) in [6, 6.07) is 6.37. The van der Waals surface area contributed by atoms with Crippen molar-refractivity contribution < 1.29 is 19.0 Å². The molecule has 3 aromatic heterocycles. The van der Waals surface area contributed by atoms with Gasteiger partial charge in [-0.05, 0) is 30.7 Å². The average molecular weight is 394 g/mol. The predicted octanol–water partition coefficient (Wildman–Crippen LogP) is 3.65. The van der Waals surface area contributed by atoms with Crippen LogP contribution >= 0.6 is 0 Å². The van der Waals surface area contributed by atoms with Crippen LogP contribution in [0.1, 0.15) is 12.5 Å². The van der Waals surface area contributed by atoms with E-state index in [2.05, 4.69) is 9.97 Å². The van der Waals surface area contributed by atoms with E-state index in [1.807, 2.05) is 0 Å². The van der Waals surface area contributed by atoms with Crippen molar-refractivity contribution in [1.82, 2.24) is 14.5 Å². The first-order valence-corrected chi connectivity index (χ1v) is 9.28.